The van der Waals surface area contributed by atoms with E-state index in [9.17, 15) is 0 Å². The summed E-state index contributed by atoms with van der Waals surface area (Å²) >= 11 is 3.62. The van der Waals surface area contributed by atoms with Crippen molar-refractivity contribution in [1.29, 1.82) is 0 Å². The molecule has 3 heteroatoms. The summed E-state index contributed by atoms with van der Waals surface area (Å²) in [7, 11) is 2.18. The molecule has 1 aromatic rings. The highest BCUT2D eigenvalue weighted by Gasteiger charge is 2.07. The number of nitrogens with two attached hydrogens (primary N) is 1. The van der Waals surface area contributed by atoms with Crippen LogP contribution in [-0.4, -0.2) is 18.5 Å². The first-order chi connectivity index (χ1) is 8.06. The number of hydrogen-bond acceptors (Lipinski definition) is 2. The highest BCUT2D eigenvalue weighted by atomic mass is 79.9. The predicted octanol–water partition coefficient (Wildman–Crippen LogP) is 3.39. The summed E-state index contributed by atoms with van der Waals surface area (Å²) in [6, 6.07) is 6.39. The van der Waals surface area contributed by atoms with Crippen LogP contribution in [0.1, 0.15) is 31.4 Å². The molecule has 96 valence electrons. The molecule has 0 heterocycles. The van der Waals surface area contributed by atoms with Gasteiger partial charge in [-0.05, 0) is 30.2 Å². The van der Waals surface area contributed by atoms with Crippen molar-refractivity contribution in [1.82, 2.24) is 4.90 Å². The normalized spacial score (nSPS) is 13.1. The molecular weight excluding hydrogens is 276 g/mol. The molecule has 1 rings (SSSR count). The Balaban J connectivity index is 2.62. The number of rotatable bonds is 6. The van der Waals surface area contributed by atoms with E-state index in [1.807, 2.05) is 0 Å². The van der Waals surface area contributed by atoms with Crippen LogP contribution in [0.2, 0.25) is 0 Å². The fraction of sp³-hybridized carbons (Fsp3) is 0.571. The molecule has 0 aliphatic carbocycles. The zero-order chi connectivity index (χ0) is 12.8. The molecule has 0 radical (unpaired) electrons. The van der Waals surface area contributed by atoms with Crippen LogP contribution in [0.15, 0.2) is 22.7 Å². The number of nitrogens with zero attached hydrogens (tertiary/aromatic N) is 1. The van der Waals surface area contributed by atoms with Gasteiger partial charge in [-0.2, -0.15) is 0 Å². The van der Waals surface area contributed by atoms with E-state index >= 15 is 0 Å². The molecule has 0 fully saturated rings. The summed E-state index contributed by atoms with van der Waals surface area (Å²) < 4.78 is 1.16. The molecule has 0 aliphatic heterocycles. The third-order valence-electron chi connectivity index (χ3n) is 3.11. The van der Waals surface area contributed by atoms with Crippen molar-refractivity contribution in [2.75, 3.05) is 13.6 Å². The van der Waals surface area contributed by atoms with Crippen LogP contribution in [0, 0.1) is 5.92 Å². The first-order valence-electron chi connectivity index (χ1n) is 6.22. The van der Waals surface area contributed by atoms with Gasteiger partial charge in [-0.15, -0.1) is 0 Å². The number of benzene rings is 1. The minimum atomic E-state index is 0.599. The fourth-order valence-electron chi connectivity index (χ4n) is 1.86. The van der Waals surface area contributed by atoms with E-state index in [0.29, 0.717) is 6.54 Å². The maximum absolute atomic E-state index is 5.62. The largest absolute Gasteiger partial charge is 0.326 e. The van der Waals surface area contributed by atoms with Gasteiger partial charge in [0.1, 0.15) is 0 Å². The van der Waals surface area contributed by atoms with Crippen LogP contribution in [-0.2, 0) is 13.1 Å². The van der Waals surface area contributed by atoms with Gasteiger partial charge in [-0.1, -0.05) is 48.3 Å². The van der Waals surface area contributed by atoms with Crippen LogP contribution in [0.25, 0.3) is 0 Å². The molecule has 17 heavy (non-hydrogen) atoms. The molecule has 0 amide bonds. The van der Waals surface area contributed by atoms with E-state index < -0.39 is 0 Å². The molecular formula is C14H23BrN2. The second kappa shape index (κ2) is 7.14. The summed E-state index contributed by atoms with van der Waals surface area (Å²) in [4.78, 5) is 2.37. The van der Waals surface area contributed by atoms with Crippen molar-refractivity contribution in [2.45, 2.75) is 33.4 Å². The topological polar surface area (TPSA) is 29.3 Å². The van der Waals surface area contributed by atoms with Gasteiger partial charge in [0, 0.05) is 24.1 Å². The maximum Gasteiger partial charge on any atom is 0.0242 e. The van der Waals surface area contributed by atoms with Gasteiger partial charge in [0.15, 0.2) is 0 Å². The van der Waals surface area contributed by atoms with Gasteiger partial charge in [-0.3, -0.25) is 0 Å². The molecule has 2 N–H and O–H groups in total. The van der Waals surface area contributed by atoms with E-state index in [2.05, 4.69) is 59.9 Å². The average Bonchev–Trinajstić information content (AvgIpc) is 2.31. The molecule has 1 atom stereocenters. The van der Waals surface area contributed by atoms with Crippen LogP contribution in [0.5, 0.6) is 0 Å². The molecule has 1 aromatic carbocycles. The number of hydrogen-bond donors (Lipinski definition) is 1. The standard InChI is InChI=1S/C14H23BrN2/c1-4-11(2)9-17(3)10-13-6-5-12(8-16)7-14(13)15/h5-7,11H,4,8-10,16H2,1-3H3. The number of halogens is 1. The van der Waals surface area contributed by atoms with Crippen molar-refractivity contribution in [2.24, 2.45) is 11.7 Å². The summed E-state index contributed by atoms with van der Waals surface area (Å²) in [6.45, 7) is 7.26. The van der Waals surface area contributed by atoms with Gasteiger partial charge >= 0.3 is 0 Å². The molecule has 0 aromatic heterocycles. The zero-order valence-corrected chi connectivity index (χ0v) is 12.6. The Labute approximate surface area is 113 Å². The van der Waals surface area contributed by atoms with E-state index in [1.54, 1.807) is 0 Å². The van der Waals surface area contributed by atoms with Gasteiger partial charge in [0.2, 0.25) is 0 Å². The Kier molecular flexibility index (Phi) is 6.17. The van der Waals surface area contributed by atoms with Gasteiger partial charge in [-0.25, -0.2) is 0 Å². The minimum Gasteiger partial charge on any atom is -0.326 e. The molecule has 0 saturated heterocycles. The van der Waals surface area contributed by atoms with Crippen LogP contribution >= 0.6 is 15.9 Å². The molecule has 2 nitrogen and oxygen atoms in total. The quantitative estimate of drug-likeness (QED) is 0.872. The summed E-state index contributed by atoms with van der Waals surface area (Å²) in [6.07, 6.45) is 1.23. The van der Waals surface area contributed by atoms with E-state index in [-0.39, 0.29) is 0 Å². The van der Waals surface area contributed by atoms with Crippen molar-refractivity contribution in [3.05, 3.63) is 33.8 Å². The monoisotopic (exact) mass is 298 g/mol. The van der Waals surface area contributed by atoms with Gasteiger partial charge in [0.05, 0.1) is 0 Å². The predicted molar refractivity (Wildman–Crippen MR) is 77.8 cm³/mol. The first-order valence-corrected chi connectivity index (χ1v) is 7.02. The Hall–Kier alpha value is -0.380. The molecule has 0 bridgehead atoms. The Morgan fingerprint density at radius 1 is 1.41 bits per heavy atom. The Morgan fingerprint density at radius 3 is 2.65 bits per heavy atom. The highest BCUT2D eigenvalue weighted by Crippen LogP contribution is 2.20. The van der Waals surface area contributed by atoms with E-state index in [4.69, 9.17) is 5.73 Å². The third-order valence-corrected chi connectivity index (χ3v) is 3.85. The summed E-state index contributed by atoms with van der Waals surface area (Å²) in [5.41, 5.74) is 8.12. The van der Waals surface area contributed by atoms with Crippen molar-refractivity contribution in [3.63, 3.8) is 0 Å². The lowest BCUT2D eigenvalue weighted by molar-refractivity contribution is 0.275. The fourth-order valence-corrected chi connectivity index (χ4v) is 2.41. The lowest BCUT2D eigenvalue weighted by atomic mass is 10.1. The lowest BCUT2D eigenvalue weighted by Crippen LogP contribution is -2.23. The van der Waals surface area contributed by atoms with Crippen LogP contribution in [0.4, 0.5) is 0 Å². The molecule has 0 saturated carbocycles. The third kappa shape index (κ3) is 4.78. The Bertz CT molecular complexity index is 352. The summed E-state index contributed by atoms with van der Waals surface area (Å²) in [5.74, 6) is 0.752. The molecule has 1 unspecified atom stereocenters. The van der Waals surface area contributed by atoms with Crippen molar-refractivity contribution < 1.29 is 0 Å². The van der Waals surface area contributed by atoms with E-state index in [1.165, 1.54) is 17.5 Å². The Morgan fingerprint density at radius 2 is 2.12 bits per heavy atom. The summed E-state index contributed by atoms with van der Waals surface area (Å²) in [5, 5.41) is 0. The lowest BCUT2D eigenvalue weighted by Gasteiger charge is -2.21. The van der Waals surface area contributed by atoms with Crippen molar-refractivity contribution >= 4 is 15.9 Å². The van der Waals surface area contributed by atoms with Crippen molar-refractivity contribution in [3.8, 4) is 0 Å². The minimum absolute atomic E-state index is 0.599. The SMILES string of the molecule is CCC(C)CN(C)Cc1ccc(CN)cc1Br. The molecule has 0 spiro atoms. The van der Waals surface area contributed by atoms with Gasteiger partial charge < -0.3 is 10.6 Å². The second-order valence-corrected chi connectivity index (χ2v) is 5.69. The van der Waals surface area contributed by atoms with Gasteiger partial charge in [0.25, 0.3) is 0 Å². The maximum atomic E-state index is 5.62. The average molecular weight is 299 g/mol. The second-order valence-electron chi connectivity index (χ2n) is 4.84. The molecule has 0 aliphatic rings. The van der Waals surface area contributed by atoms with E-state index in [0.717, 1.165) is 23.5 Å². The van der Waals surface area contributed by atoms with Crippen LogP contribution < -0.4 is 5.73 Å². The highest BCUT2D eigenvalue weighted by molar-refractivity contribution is 9.10. The first kappa shape index (κ1) is 14.7. The van der Waals surface area contributed by atoms with Crippen LogP contribution in [0.3, 0.4) is 0 Å². The zero-order valence-electron chi connectivity index (χ0n) is 11.0. The smallest absolute Gasteiger partial charge is 0.0242 e.